The molecule has 2 nitrogen and oxygen atoms in total. The molecule has 3 heteroatoms. The Kier molecular flexibility index (Phi) is 2.60. The van der Waals surface area contributed by atoms with Crippen LogP contribution in [0.1, 0.15) is 0 Å². The van der Waals surface area contributed by atoms with Crippen molar-refractivity contribution in [3.05, 3.63) is 65.3 Å². The lowest BCUT2D eigenvalue weighted by molar-refractivity contribution is 0.669. The molecule has 0 unspecified atom stereocenters. The fourth-order valence-electron chi connectivity index (χ4n) is 2.49. The van der Waals surface area contributed by atoms with E-state index >= 15 is 0 Å². The van der Waals surface area contributed by atoms with Crippen LogP contribution >= 0.6 is 15.9 Å². The molecular formula is C17H10BrNO. The van der Waals surface area contributed by atoms with E-state index in [4.69, 9.17) is 4.42 Å². The van der Waals surface area contributed by atoms with Crippen molar-refractivity contribution in [1.29, 1.82) is 0 Å². The standard InChI is InChI=1S/C17H10BrNO/c18-11-7-8-16-14(10-11)12-4-3-5-13(17(12)20-16)15-6-1-2-9-19-15/h1-10H. The number of rotatable bonds is 1. The zero-order valence-corrected chi connectivity index (χ0v) is 12.1. The van der Waals surface area contributed by atoms with E-state index in [-0.39, 0.29) is 0 Å². The quantitative estimate of drug-likeness (QED) is 0.468. The SMILES string of the molecule is Brc1ccc2oc3c(-c4ccccn4)cccc3c2c1. The zero-order valence-electron chi connectivity index (χ0n) is 10.5. The first-order chi connectivity index (χ1) is 9.83. The van der Waals surface area contributed by atoms with Crippen LogP contribution in [0.2, 0.25) is 0 Å². The Morgan fingerprint density at radius 3 is 2.70 bits per heavy atom. The number of pyridine rings is 1. The van der Waals surface area contributed by atoms with Gasteiger partial charge in [0, 0.05) is 27.0 Å². The molecule has 0 amide bonds. The van der Waals surface area contributed by atoms with Gasteiger partial charge in [-0.25, -0.2) is 0 Å². The minimum Gasteiger partial charge on any atom is -0.455 e. The largest absolute Gasteiger partial charge is 0.455 e. The monoisotopic (exact) mass is 323 g/mol. The molecule has 96 valence electrons. The highest BCUT2D eigenvalue weighted by atomic mass is 79.9. The lowest BCUT2D eigenvalue weighted by atomic mass is 10.1. The number of halogens is 1. The van der Waals surface area contributed by atoms with E-state index in [0.717, 1.165) is 37.7 Å². The molecule has 20 heavy (non-hydrogen) atoms. The van der Waals surface area contributed by atoms with Gasteiger partial charge in [0.05, 0.1) is 5.69 Å². The fourth-order valence-corrected chi connectivity index (χ4v) is 2.86. The Hall–Kier alpha value is -2.13. The topological polar surface area (TPSA) is 26.0 Å². The lowest BCUT2D eigenvalue weighted by Gasteiger charge is -2.00. The third-order valence-electron chi connectivity index (χ3n) is 3.40. The van der Waals surface area contributed by atoms with Gasteiger partial charge in [-0.3, -0.25) is 4.98 Å². The van der Waals surface area contributed by atoms with E-state index in [0.29, 0.717) is 0 Å². The Morgan fingerprint density at radius 1 is 0.900 bits per heavy atom. The van der Waals surface area contributed by atoms with Crippen LogP contribution in [0.4, 0.5) is 0 Å². The van der Waals surface area contributed by atoms with Gasteiger partial charge in [-0.15, -0.1) is 0 Å². The molecule has 4 aromatic rings. The Morgan fingerprint density at radius 2 is 1.85 bits per heavy atom. The number of fused-ring (bicyclic) bond motifs is 3. The maximum Gasteiger partial charge on any atom is 0.144 e. The van der Waals surface area contributed by atoms with Crippen LogP contribution in [0.3, 0.4) is 0 Å². The Balaban J connectivity index is 2.11. The van der Waals surface area contributed by atoms with E-state index in [1.165, 1.54) is 0 Å². The van der Waals surface area contributed by atoms with Crippen molar-refractivity contribution in [2.45, 2.75) is 0 Å². The van der Waals surface area contributed by atoms with Crippen LogP contribution in [-0.4, -0.2) is 4.98 Å². The van der Waals surface area contributed by atoms with Gasteiger partial charge in [0.2, 0.25) is 0 Å². The minimum absolute atomic E-state index is 0.888. The summed E-state index contributed by atoms with van der Waals surface area (Å²) in [7, 11) is 0. The lowest BCUT2D eigenvalue weighted by Crippen LogP contribution is -1.81. The smallest absolute Gasteiger partial charge is 0.144 e. The molecule has 0 atom stereocenters. The molecule has 0 fully saturated rings. The summed E-state index contributed by atoms with van der Waals surface area (Å²) in [6.07, 6.45) is 1.80. The van der Waals surface area contributed by atoms with Crippen molar-refractivity contribution in [1.82, 2.24) is 4.98 Å². The molecule has 0 spiro atoms. The van der Waals surface area contributed by atoms with Crippen LogP contribution in [0.25, 0.3) is 33.2 Å². The van der Waals surface area contributed by atoms with Crippen LogP contribution in [-0.2, 0) is 0 Å². The fraction of sp³-hybridized carbons (Fsp3) is 0. The van der Waals surface area contributed by atoms with Gasteiger partial charge in [0.1, 0.15) is 11.2 Å². The highest BCUT2D eigenvalue weighted by molar-refractivity contribution is 9.10. The highest BCUT2D eigenvalue weighted by Crippen LogP contribution is 2.35. The molecule has 0 N–H and O–H groups in total. The van der Waals surface area contributed by atoms with Crippen LogP contribution in [0.5, 0.6) is 0 Å². The van der Waals surface area contributed by atoms with Gasteiger partial charge in [0.25, 0.3) is 0 Å². The molecule has 0 saturated carbocycles. The summed E-state index contributed by atoms with van der Waals surface area (Å²) in [4.78, 5) is 4.42. The number of para-hydroxylation sites is 1. The second-order valence-electron chi connectivity index (χ2n) is 4.64. The first-order valence-corrected chi connectivity index (χ1v) is 7.14. The Bertz CT molecular complexity index is 912. The average Bonchev–Trinajstić information content (AvgIpc) is 2.86. The Labute approximate surface area is 124 Å². The summed E-state index contributed by atoms with van der Waals surface area (Å²) >= 11 is 3.51. The number of hydrogen-bond acceptors (Lipinski definition) is 2. The number of aromatic nitrogens is 1. The van der Waals surface area contributed by atoms with Gasteiger partial charge >= 0.3 is 0 Å². The summed E-state index contributed by atoms with van der Waals surface area (Å²) in [6, 6.07) is 18.1. The third-order valence-corrected chi connectivity index (χ3v) is 3.89. The molecule has 0 saturated heterocycles. The van der Waals surface area contributed by atoms with Gasteiger partial charge in [-0.1, -0.05) is 34.1 Å². The van der Waals surface area contributed by atoms with Gasteiger partial charge in [-0.05, 0) is 36.4 Å². The predicted molar refractivity (Wildman–Crippen MR) is 84.7 cm³/mol. The second-order valence-corrected chi connectivity index (χ2v) is 5.56. The van der Waals surface area contributed by atoms with Gasteiger partial charge in [0.15, 0.2) is 0 Å². The number of hydrogen-bond donors (Lipinski definition) is 0. The maximum absolute atomic E-state index is 6.03. The van der Waals surface area contributed by atoms with Crippen molar-refractivity contribution >= 4 is 37.9 Å². The van der Waals surface area contributed by atoms with Crippen LogP contribution in [0.15, 0.2) is 69.7 Å². The van der Waals surface area contributed by atoms with Gasteiger partial charge in [-0.2, -0.15) is 0 Å². The summed E-state index contributed by atoms with van der Waals surface area (Å²) in [5.41, 5.74) is 3.73. The highest BCUT2D eigenvalue weighted by Gasteiger charge is 2.12. The summed E-state index contributed by atoms with van der Waals surface area (Å²) in [5, 5.41) is 2.23. The van der Waals surface area contributed by atoms with Crippen LogP contribution in [0, 0.1) is 0 Å². The number of furan rings is 1. The van der Waals surface area contributed by atoms with Crippen LogP contribution < -0.4 is 0 Å². The first-order valence-electron chi connectivity index (χ1n) is 6.35. The number of benzene rings is 2. The molecule has 0 aliphatic carbocycles. The summed E-state index contributed by atoms with van der Waals surface area (Å²) < 4.78 is 7.08. The molecule has 2 heterocycles. The van der Waals surface area contributed by atoms with Crippen molar-refractivity contribution in [2.24, 2.45) is 0 Å². The van der Waals surface area contributed by atoms with Crippen molar-refractivity contribution in [2.75, 3.05) is 0 Å². The molecule has 2 aromatic carbocycles. The number of nitrogens with zero attached hydrogens (tertiary/aromatic N) is 1. The molecular weight excluding hydrogens is 314 g/mol. The minimum atomic E-state index is 0.888. The van der Waals surface area contributed by atoms with E-state index in [2.05, 4.69) is 33.0 Å². The summed E-state index contributed by atoms with van der Waals surface area (Å²) in [6.45, 7) is 0. The predicted octanol–water partition coefficient (Wildman–Crippen LogP) is 5.41. The van der Waals surface area contributed by atoms with E-state index < -0.39 is 0 Å². The van der Waals surface area contributed by atoms with E-state index in [1.54, 1.807) is 6.20 Å². The van der Waals surface area contributed by atoms with Crippen molar-refractivity contribution < 1.29 is 4.42 Å². The van der Waals surface area contributed by atoms with Crippen molar-refractivity contribution in [3.8, 4) is 11.3 Å². The molecule has 0 radical (unpaired) electrons. The molecule has 2 aromatic heterocycles. The zero-order chi connectivity index (χ0) is 13.5. The molecule has 0 aliphatic rings. The molecule has 4 rings (SSSR count). The first kappa shape index (κ1) is 11.7. The average molecular weight is 324 g/mol. The molecule has 0 aliphatic heterocycles. The third kappa shape index (κ3) is 1.74. The van der Waals surface area contributed by atoms with E-state index in [1.807, 2.05) is 42.5 Å². The van der Waals surface area contributed by atoms with Crippen molar-refractivity contribution in [3.63, 3.8) is 0 Å². The van der Waals surface area contributed by atoms with Gasteiger partial charge < -0.3 is 4.42 Å². The normalized spacial score (nSPS) is 11.2. The second kappa shape index (κ2) is 4.46. The maximum atomic E-state index is 6.03. The molecule has 0 bridgehead atoms. The van der Waals surface area contributed by atoms with E-state index in [9.17, 15) is 0 Å². The summed E-state index contributed by atoms with van der Waals surface area (Å²) in [5.74, 6) is 0.